The molecule has 31 heavy (non-hydrogen) atoms. The normalized spacial score (nSPS) is 27.3. The maximum atomic E-state index is 14.7. The van der Waals surface area contributed by atoms with Crippen molar-refractivity contribution in [3.63, 3.8) is 0 Å². The summed E-state index contributed by atoms with van der Waals surface area (Å²) in [7, 11) is 0. The number of carbonyl (C=O) groups is 1. The van der Waals surface area contributed by atoms with Crippen molar-refractivity contribution in [2.75, 3.05) is 0 Å². The van der Waals surface area contributed by atoms with Crippen LogP contribution in [0.5, 0.6) is 0 Å². The summed E-state index contributed by atoms with van der Waals surface area (Å²) in [5.41, 5.74) is 1.98. The number of piperidine rings is 1. The number of halogens is 1. The average Bonchev–Trinajstić information content (AvgIpc) is 3.34. The third kappa shape index (κ3) is 4.02. The zero-order chi connectivity index (χ0) is 22.1. The lowest BCUT2D eigenvalue weighted by Gasteiger charge is -2.32. The molecule has 2 bridgehead atoms. The summed E-state index contributed by atoms with van der Waals surface area (Å²) >= 11 is 0. The lowest BCUT2D eigenvalue weighted by Crippen LogP contribution is -2.54. The second-order valence-corrected chi connectivity index (χ2v) is 8.61. The Hall–Kier alpha value is -3.29. The van der Waals surface area contributed by atoms with E-state index >= 15 is 0 Å². The number of amides is 1. The van der Waals surface area contributed by atoms with E-state index in [4.69, 9.17) is 5.26 Å². The van der Waals surface area contributed by atoms with Crippen molar-refractivity contribution < 1.29 is 9.18 Å². The largest absolute Gasteiger partial charge is 0.339 e. The molecule has 1 aliphatic heterocycles. The van der Waals surface area contributed by atoms with Gasteiger partial charge in [-0.25, -0.2) is 9.37 Å². The maximum absolute atomic E-state index is 14.7. The summed E-state index contributed by atoms with van der Waals surface area (Å²) in [5, 5.41) is 24.6. The summed E-state index contributed by atoms with van der Waals surface area (Å²) < 4.78 is 14.7. The Kier molecular flexibility index (Phi) is 5.71. The Morgan fingerprint density at radius 1 is 1.26 bits per heavy atom. The van der Waals surface area contributed by atoms with Gasteiger partial charge in [0.25, 0.3) is 0 Å². The highest BCUT2D eigenvalue weighted by molar-refractivity contribution is 5.83. The fourth-order valence-electron chi connectivity index (χ4n) is 4.90. The van der Waals surface area contributed by atoms with Gasteiger partial charge in [0.2, 0.25) is 5.91 Å². The molecular weight excluding hydrogens is 393 g/mol. The van der Waals surface area contributed by atoms with Crippen molar-refractivity contribution in [2.45, 2.75) is 44.8 Å². The number of nitrogens with one attached hydrogen (secondary N) is 2. The van der Waals surface area contributed by atoms with Gasteiger partial charge in [-0.1, -0.05) is 26.0 Å². The SMILES string of the molecule is C[C@@H]1[C@H](C)[C@@H]2C[C@@H]1[C@@H](C(=O)N[C@H](C#N)Cc1ccc(-c3ccc(C#N)nc3)cc1F)N2. The maximum Gasteiger partial charge on any atom is 0.238 e. The van der Waals surface area contributed by atoms with Crippen LogP contribution in [0.25, 0.3) is 11.1 Å². The fourth-order valence-corrected chi connectivity index (χ4v) is 4.90. The zero-order valence-electron chi connectivity index (χ0n) is 17.5. The van der Waals surface area contributed by atoms with Gasteiger partial charge in [0.15, 0.2) is 0 Å². The molecule has 1 aliphatic carbocycles. The predicted molar refractivity (Wildman–Crippen MR) is 113 cm³/mol. The van der Waals surface area contributed by atoms with Crippen molar-refractivity contribution in [1.29, 1.82) is 10.5 Å². The Balaban J connectivity index is 1.42. The van der Waals surface area contributed by atoms with E-state index in [0.717, 1.165) is 6.42 Å². The van der Waals surface area contributed by atoms with Gasteiger partial charge >= 0.3 is 0 Å². The summed E-state index contributed by atoms with van der Waals surface area (Å²) in [6.45, 7) is 4.38. The van der Waals surface area contributed by atoms with Gasteiger partial charge in [-0.15, -0.1) is 0 Å². The monoisotopic (exact) mass is 417 g/mol. The number of hydrogen-bond donors (Lipinski definition) is 2. The second-order valence-electron chi connectivity index (χ2n) is 8.61. The third-order valence-corrected chi connectivity index (χ3v) is 6.93. The third-order valence-electron chi connectivity index (χ3n) is 6.93. The van der Waals surface area contributed by atoms with Crippen LogP contribution < -0.4 is 10.6 Å². The van der Waals surface area contributed by atoms with Crippen molar-refractivity contribution in [2.24, 2.45) is 17.8 Å². The molecule has 2 fully saturated rings. The standard InChI is InChI=1S/C24H24FN5O/c1-13-14(2)22-9-20(13)23(30-22)24(31)29-19(11-27)7-16-4-3-15(8-21(16)25)17-5-6-18(10-26)28-12-17/h3-6,8,12-14,19-20,22-23,30H,7,9H2,1-2H3,(H,29,31)/t13-,14+,19+,20+,22+,23+/m1/s1. The van der Waals surface area contributed by atoms with E-state index in [1.165, 1.54) is 12.3 Å². The molecule has 2 heterocycles. The summed E-state index contributed by atoms with van der Waals surface area (Å²) in [4.78, 5) is 16.8. The minimum Gasteiger partial charge on any atom is -0.339 e. The number of carbonyl (C=O) groups excluding carboxylic acids is 1. The Bertz CT molecular complexity index is 1070. The molecule has 0 unspecified atom stereocenters. The fraction of sp³-hybridized carbons (Fsp3) is 0.417. The van der Waals surface area contributed by atoms with Crippen molar-refractivity contribution in [1.82, 2.24) is 15.6 Å². The minimum absolute atomic E-state index is 0.0900. The lowest BCUT2D eigenvalue weighted by molar-refractivity contribution is -0.125. The molecule has 7 heteroatoms. The summed E-state index contributed by atoms with van der Waals surface area (Å²) in [6.07, 6.45) is 2.60. The van der Waals surface area contributed by atoms with Gasteiger partial charge in [-0.3, -0.25) is 4.79 Å². The highest BCUT2D eigenvalue weighted by Gasteiger charge is 2.51. The number of nitriles is 2. The van der Waals surface area contributed by atoms with E-state index in [-0.39, 0.29) is 24.3 Å². The van der Waals surface area contributed by atoms with Crippen LogP contribution in [0, 0.1) is 46.2 Å². The molecule has 2 N–H and O–H groups in total. The molecule has 2 aromatic rings. The van der Waals surface area contributed by atoms with Crippen LogP contribution in [-0.2, 0) is 11.2 Å². The molecule has 0 radical (unpaired) electrons. The minimum atomic E-state index is -0.807. The number of fused-ring (bicyclic) bond motifs is 2. The molecule has 1 aromatic heterocycles. The molecule has 2 aliphatic rings. The van der Waals surface area contributed by atoms with Crippen LogP contribution in [0.2, 0.25) is 0 Å². The predicted octanol–water partition coefficient (Wildman–Crippen LogP) is 2.94. The smallest absolute Gasteiger partial charge is 0.238 e. The first-order chi connectivity index (χ1) is 14.9. The van der Waals surface area contributed by atoms with Gasteiger partial charge in [0, 0.05) is 24.2 Å². The quantitative estimate of drug-likeness (QED) is 0.779. The van der Waals surface area contributed by atoms with Crippen LogP contribution in [0.1, 0.15) is 31.5 Å². The molecule has 158 valence electrons. The molecule has 6 atom stereocenters. The molecule has 1 saturated carbocycles. The molecule has 1 amide bonds. The molecule has 1 aromatic carbocycles. The van der Waals surface area contributed by atoms with Crippen LogP contribution in [-0.4, -0.2) is 29.0 Å². The van der Waals surface area contributed by atoms with Crippen molar-refractivity contribution >= 4 is 5.91 Å². The van der Waals surface area contributed by atoms with E-state index in [0.29, 0.717) is 40.3 Å². The Morgan fingerprint density at radius 3 is 2.61 bits per heavy atom. The van der Waals surface area contributed by atoms with E-state index in [2.05, 4.69) is 35.5 Å². The molecule has 6 nitrogen and oxygen atoms in total. The zero-order valence-corrected chi connectivity index (χ0v) is 17.5. The van der Waals surface area contributed by atoms with E-state index in [9.17, 15) is 14.4 Å². The number of pyridine rings is 1. The summed E-state index contributed by atoms with van der Waals surface area (Å²) in [5.74, 6) is 0.649. The van der Waals surface area contributed by atoms with Gasteiger partial charge in [0.05, 0.1) is 12.1 Å². The topological polar surface area (TPSA) is 102 Å². The molecule has 1 saturated heterocycles. The van der Waals surface area contributed by atoms with Crippen molar-refractivity contribution in [3.8, 4) is 23.3 Å². The van der Waals surface area contributed by atoms with Gasteiger partial charge in [-0.2, -0.15) is 10.5 Å². The number of nitrogens with zero attached hydrogens (tertiary/aromatic N) is 3. The first-order valence-corrected chi connectivity index (χ1v) is 10.5. The highest BCUT2D eigenvalue weighted by atomic mass is 19.1. The van der Waals surface area contributed by atoms with E-state index < -0.39 is 11.9 Å². The second kappa shape index (κ2) is 8.45. The first-order valence-electron chi connectivity index (χ1n) is 10.5. The Morgan fingerprint density at radius 2 is 2.03 bits per heavy atom. The molecule has 4 rings (SSSR count). The highest BCUT2D eigenvalue weighted by Crippen LogP contribution is 2.44. The molecular formula is C24H24FN5O. The van der Waals surface area contributed by atoms with Crippen LogP contribution in [0.15, 0.2) is 36.5 Å². The van der Waals surface area contributed by atoms with Crippen LogP contribution in [0.3, 0.4) is 0 Å². The van der Waals surface area contributed by atoms with Gasteiger partial charge < -0.3 is 10.6 Å². The Labute approximate surface area is 181 Å². The lowest BCUT2D eigenvalue weighted by atomic mass is 9.84. The van der Waals surface area contributed by atoms with E-state index in [1.54, 1.807) is 24.3 Å². The van der Waals surface area contributed by atoms with Gasteiger partial charge in [-0.05, 0) is 53.5 Å². The average molecular weight is 417 g/mol. The summed E-state index contributed by atoms with van der Waals surface area (Å²) in [6, 6.07) is 11.3. The van der Waals surface area contributed by atoms with Gasteiger partial charge in [0.1, 0.15) is 23.6 Å². The number of aromatic nitrogens is 1. The van der Waals surface area contributed by atoms with Crippen molar-refractivity contribution in [3.05, 3.63) is 53.6 Å². The van der Waals surface area contributed by atoms with Crippen LogP contribution in [0.4, 0.5) is 4.39 Å². The number of rotatable bonds is 5. The first kappa shape index (κ1) is 21.0. The number of hydrogen-bond acceptors (Lipinski definition) is 5. The number of benzene rings is 1. The van der Waals surface area contributed by atoms with Crippen LogP contribution >= 0.6 is 0 Å². The molecule has 0 spiro atoms. The van der Waals surface area contributed by atoms with E-state index in [1.807, 2.05) is 6.07 Å².